The minimum Gasteiger partial charge on any atom is -0.382 e. The summed E-state index contributed by atoms with van der Waals surface area (Å²) in [7, 11) is 0. The largest absolute Gasteiger partial charge is 0.382 e. The molecule has 3 rings (SSSR count). The van der Waals surface area contributed by atoms with Crippen LogP contribution in [0.25, 0.3) is 0 Å². The second-order valence-electron chi connectivity index (χ2n) is 5.37. The van der Waals surface area contributed by atoms with Gasteiger partial charge in [0.15, 0.2) is 5.13 Å². The molecule has 0 aliphatic rings. The maximum atomic E-state index is 13.9. The first-order valence-corrected chi connectivity index (χ1v) is 8.59. The Bertz CT molecular complexity index is 973. The molecule has 0 atom stereocenters. The lowest BCUT2D eigenvalue weighted by molar-refractivity contribution is 0.103. The lowest BCUT2D eigenvalue weighted by Gasteiger charge is -2.08. The van der Waals surface area contributed by atoms with Crippen LogP contribution in [0.5, 0.6) is 0 Å². The van der Waals surface area contributed by atoms with Gasteiger partial charge in [-0.05, 0) is 36.8 Å². The highest BCUT2D eigenvalue weighted by Gasteiger charge is 2.19. The number of carbonyl (C=O) groups excluding carboxylic acids is 1. The fourth-order valence-corrected chi connectivity index (χ4v) is 3.19. The number of benzene rings is 2. The molecule has 0 saturated heterocycles. The second-order valence-corrected chi connectivity index (χ2v) is 6.78. The van der Waals surface area contributed by atoms with Gasteiger partial charge in [0.05, 0.1) is 10.7 Å². The smallest absolute Gasteiger partial charge is 0.269 e. The number of thiazole rings is 1. The predicted molar refractivity (Wildman–Crippen MR) is 100 cm³/mol. The van der Waals surface area contributed by atoms with Gasteiger partial charge in [-0.1, -0.05) is 35.1 Å². The monoisotopic (exact) mass is 394 g/mol. The zero-order chi connectivity index (χ0) is 18.8. The van der Waals surface area contributed by atoms with Crippen molar-refractivity contribution in [2.75, 3.05) is 16.4 Å². The maximum absolute atomic E-state index is 13.9. The summed E-state index contributed by atoms with van der Waals surface area (Å²) in [5, 5.41) is 5.68. The molecular formula is C17H13ClF2N4OS. The molecule has 9 heteroatoms. The zero-order valence-electron chi connectivity index (χ0n) is 13.4. The molecule has 0 radical (unpaired) electrons. The predicted octanol–water partition coefficient (Wildman–Crippen LogP) is 4.96. The molecule has 1 amide bonds. The van der Waals surface area contributed by atoms with Crippen LogP contribution in [0.3, 0.4) is 0 Å². The molecule has 0 saturated carbocycles. The Morgan fingerprint density at radius 2 is 2.00 bits per heavy atom. The van der Waals surface area contributed by atoms with Crippen molar-refractivity contribution >= 4 is 51.2 Å². The SMILES string of the molecule is Cc1cccc(F)c1NC(=O)c1sc(Nc2ccc(F)c(Cl)c2)nc1N. The van der Waals surface area contributed by atoms with Gasteiger partial charge in [0.1, 0.15) is 22.3 Å². The number of nitrogen functional groups attached to an aromatic ring is 1. The number of anilines is 4. The average molecular weight is 395 g/mol. The summed E-state index contributed by atoms with van der Waals surface area (Å²) in [6.45, 7) is 1.68. The highest BCUT2D eigenvalue weighted by molar-refractivity contribution is 7.18. The van der Waals surface area contributed by atoms with Crippen molar-refractivity contribution in [3.05, 3.63) is 63.5 Å². The van der Waals surface area contributed by atoms with Crippen LogP contribution < -0.4 is 16.4 Å². The Morgan fingerprint density at radius 1 is 1.23 bits per heavy atom. The highest BCUT2D eigenvalue weighted by Crippen LogP contribution is 2.30. The van der Waals surface area contributed by atoms with Crippen molar-refractivity contribution in [1.29, 1.82) is 0 Å². The molecule has 0 spiro atoms. The summed E-state index contributed by atoms with van der Waals surface area (Å²) < 4.78 is 27.1. The molecule has 0 aliphatic carbocycles. The number of hydrogen-bond donors (Lipinski definition) is 3. The second kappa shape index (κ2) is 7.27. The molecule has 5 nitrogen and oxygen atoms in total. The molecule has 0 fully saturated rings. The Balaban J connectivity index is 1.81. The van der Waals surface area contributed by atoms with Gasteiger partial charge in [0.2, 0.25) is 0 Å². The van der Waals surface area contributed by atoms with Crippen molar-refractivity contribution in [1.82, 2.24) is 4.98 Å². The first-order valence-electron chi connectivity index (χ1n) is 7.40. The molecule has 1 heterocycles. The van der Waals surface area contributed by atoms with Gasteiger partial charge in [-0.15, -0.1) is 0 Å². The molecule has 0 aliphatic heterocycles. The van der Waals surface area contributed by atoms with E-state index in [9.17, 15) is 13.6 Å². The van der Waals surface area contributed by atoms with Gasteiger partial charge in [0.25, 0.3) is 5.91 Å². The number of nitrogens with two attached hydrogens (primary N) is 1. The molecule has 3 aromatic rings. The van der Waals surface area contributed by atoms with Gasteiger partial charge < -0.3 is 16.4 Å². The molecule has 0 unspecified atom stereocenters. The van der Waals surface area contributed by atoms with E-state index in [1.165, 1.54) is 24.3 Å². The number of nitrogens with one attached hydrogen (secondary N) is 2. The fourth-order valence-electron chi connectivity index (χ4n) is 2.21. The standard InChI is InChI=1S/C17H13ClF2N4OS/c1-8-3-2-4-12(20)13(8)23-16(25)14-15(21)24-17(26-14)22-9-5-6-11(19)10(18)7-9/h2-7H,21H2,1H3,(H,22,24)(H,23,25). The number of aryl methyl sites for hydroxylation is 1. The van der Waals surface area contributed by atoms with Crippen LogP contribution >= 0.6 is 22.9 Å². The van der Waals surface area contributed by atoms with Crippen molar-refractivity contribution in [2.24, 2.45) is 0 Å². The third kappa shape index (κ3) is 3.76. The molecule has 0 bridgehead atoms. The van der Waals surface area contributed by atoms with Crippen LogP contribution in [0.4, 0.5) is 31.1 Å². The first-order chi connectivity index (χ1) is 12.3. The minimum absolute atomic E-state index is 0.00259. The molecule has 4 N–H and O–H groups in total. The van der Waals surface area contributed by atoms with E-state index in [1.54, 1.807) is 19.1 Å². The zero-order valence-corrected chi connectivity index (χ0v) is 15.0. The van der Waals surface area contributed by atoms with Gasteiger partial charge >= 0.3 is 0 Å². The van der Waals surface area contributed by atoms with E-state index in [-0.39, 0.29) is 21.4 Å². The molecular weight excluding hydrogens is 382 g/mol. The topological polar surface area (TPSA) is 80.0 Å². The number of hydrogen-bond acceptors (Lipinski definition) is 5. The summed E-state index contributed by atoms with van der Waals surface area (Å²) in [5.41, 5.74) is 6.96. The number of rotatable bonds is 4. The minimum atomic E-state index is -0.571. The number of nitrogens with zero attached hydrogens (tertiary/aromatic N) is 1. The normalized spacial score (nSPS) is 10.6. The van der Waals surface area contributed by atoms with Crippen LogP contribution in [0.1, 0.15) is 15.2 Å². The lowest BCUT2D eigenvalue weighted by atomic mass is 10.2. The van der Waals surface area contributed by atoms with E-state index in [2.05, 4.69) is 15.6 Å². The van der Waals surface area contributed by atoms with Gasteiger partial charge in [0, 0.05) is 5.69 Å². The third-order valence-electron chi connectivity index (χ3n) is 3.49. The first kappa shape index (κ1) is 18.1. The maximum Gasteiger partial charge on any atom is 0.269 e. The number of carbonyl (C=O) groups is 1. The van der Waals surface area contributed by atoms with Crippen LogP contribution in [0.2, 0.25) is 5.02 Å². The Labute approximate surface area is 156 Å². The fraction of sp³-hybridized carbons (Fsp3) is 0.0588. The summed E-state index contributed by atoms with van der Waals surface area (Å²) >= 11 is 6.72. The lowest BCUT2D eigenvalue weighted by Crippen LogP contribution is -2.14. The molecule has 1 aromatic heterocycles. The number of amides is 1. The average Bonchev–Trinajstić information content (AvgIpc) is 2.95. The molecule has 26 heavy (non-hydrogen) atoms. The van der Waals surface area contributed by atoms with Crippen molar-refractivity contribution < 1.29 is 13.6 Å². The molecule has 134 valence electrons. The Morgan fingerprint density at radius 3 is 2.69 bits per heavy atom. The third-order valence-corrected chi connectivity index (χ3v) is 4.77. The van der Waals surface area contributed by atoms with Crippen LogP contribution in [-0.4, -0.2) is 10.9 Å². The van der Waals surface area contributed by atoms with Gasteiger partial charge in [-0.3, -0.25) is 4.79 Å². The van der Waals surface area contributed by atoms with Gasteiger partial charge in [-0.2, -0.15) is 0 Å². The van der Waals surface area contributed by atoms with E-state index in [1.807, 2.05) is 0 Å². The number of aromatic nitrogens is 1. The summed E-state index contributed by atoms with van der Waals surface area (Å²) in [6, 6.07) is 8.55. The van der Waals surface area contributed by atoms with Crippen LogP contribution in [0, 0.1) is 18.6 Å². The van der Waals surface area contributed by atoms with Crippen LogP contribution in [0.15, 0.2) is 36.4 Å². The quantitative estimate of drug-likeness (QED) is 0.584. The number of para-hydroxylation sites is 1. The summed E-state index contributed by atoms with van der Waals surface area (Å²) in [6.07, 6.45) is 0. The van der Waals surface area contributed by atoms with Crippen molar-refractivity contribution in [3.63, 3.8) is 0 Å². The Kier molecular flexibility index (Phi) is 5.06. The Hall–Kier alpha value is -2.71. The van der Waals surface area contributed by atoms with E-state index in [4.69, 9.17) is 17.3 Å². The number of halogens is 3. The van der Waals surface area contributed by atoms with E-state index < -0.39 is 17.5 Å². The summed E-state index contributed by atoms with van der Waals surface area (Å²) in [4.78, 5) is 16.6. The highest BCUT2D eigenvalue weighted by atomic mass is 35.5. The molecule has 2 aromatic carbocycles. The summed E-state index contributed by atoms with van der Waals surface area (Å²) in [5.74, 6) is -1.66. The van der Waals surface area contributed by atoms with Crippen molar-refractivity contribution in [3.8, 4) is 0 Å². The van der Waals surface area contributed by atoms with Crippen molar-refractivity contribution in [2.45, 2.75) is 6.92 Å². The van der Waals surface area contributed by atoms with Crippen LogP contribution in [-0.2, 0) is 0 Å². The van der Waals surface area contributed by atoms with E-state index in [0.29, 0.717) is 16.4 Å². The van der Waals surface area contributed by atoms with Gasteiger partial charge in [-0.25, -0.2) is 13.8 Å². The van der Waals surface area contributed by atoms with E-state index >= 15 is 0 Å². The van der Waals surface area contributed by atoms with E-state index in [0.717, 1.165) is 11.3 Å².